The zero-order valence-corrected chi connectivity index (χ0v) is 19.1. The second-order valence-electron chi connectivity index (χ2n) is 8.56. The highest BCUT2D eigenvalue weighted by Gasteiger charge is 2.32. The zero-order valence-electron chi connectivity index (χ0n) is 18.3. The van der Waals surface area contributed by atoms with Crippen LogP contribution >= 0.6 is 0 Å². The number of rotatable bonds is 5. The van der Waals surface area contributed by atoms with Crippen LogP contribution in [0.15, 0.2) is 53.4 Å². The number of anilines is 1. The van der Waals surface area contributed by atoms with E-state index in [2.05, 4.69) is 5.32 Å². The maximum Gasteiger partial charge on any atom is 0.253 e. The van der Waals surface area contributed by atoms with E-state index in [0.29, 0.717) is 37.2 Å². The van der Waals surface area contributed by atoms with Gasteiger partial charge in [-0.2, -0.15) is 4.31 Å². The molecule has 2 aliphatic heterocycles. The minimum Gasteiger partial charge on any atom is -0.339 e. The van der Waals surface area contributed by atoms with Crippen molar-refractivity contribution in [1.29, 1.82) is 0 Å². The van der Waals surface area contributed by atoms with Crippen LogP contribution in [0.1, 0.15) is 41.6 Å². The molecule has 170 valence electrons. The molecular formula is C24H29N3O4S. The van der Waals surface area contributed by atoms with Gasteiger partial charge in [-0.1, -0.05) is 23.8 Å². The molecular weight excluding hydrogens is 426 g/mol. The lowest BCUT2D eigenvalue weighted by molar-refractivity contribution is -0.120. The van der Waals surface area contributed by atoms with Crippen molar-refractivity contribution in [3.05, 3.63) is 59.7 Å². The Bertz CT molecular complexity index is 1080. The summed E-state index contributed by atoms with van der Waals surface area (Å²) < 4.78 is 27.2. The van der Waals surface area contributed by atoms with Crippen LogP contribution in [0.3, 0.4) is 0 Å². The van der Waals surface area contributed by atoms with Gasteiger partial charge in [-0.3, -0.25) is 9.59 Å². The minimum atomic E-state index is -3.55. The van der Waals surface area contributed by atoms with E-state index in [0.717, 1.165) is 31.5 Å². The Balaban J connectivity index is 1.35. The molecule has 0 unspecified atom stereocenters. The number of aryl methyl sites for hydroxylation is 1. The number of carbonyl (C=O) groups is 2. The van der Waals surface area contributed by atoms with E-state index >= 15 is 0 Å². The molecule has 0 radical (unpaired) electrons. The Hall–Kier alpha value is -2.71. The van der Waals surface area contributed by atoms with Crippen LogP contribution in [0.2, 0.25) is 0 Å². The number of carbonyl (C=O) groups excluding carboxylic acids is 2. The molecule has 2 aliphatic rings. The van der Waals surface area contributed by atoms with Crippen LogP contribution < -0.4 is 5.32 Å². The van der Waals surface area contributed by atoms with Crippen LogP contribution in [-0.4, -0.2) is 55.6 Å². The van der Waals surface area contributed by atoms with E-state index in [1.54, 1.807) is 48.5 Å². The third-order valence-electron chi connectivity index (χ3n) is 6.25. The van der Waals surface area contributed by atoms with Gasteiger partial charge in [0.2, 0.25) is 15.9 Å². The molecule has 2 saturated heterocycles. The lowest BCUT2D eigenvalue weighted by Crippen LogP contribution is -2.41. The number of hydrogen-bond acceptors (Lipinski definition) is 4. The molecule has 1 N–H and O–H groups in total. The van der Waals surface area contributed by atoms with Crippen molar-refractivity contribution < 1.29 is 18.0 Å². The van der Waals surface area contributed by atoms with E-state index in [1.165, 1.54) is 4.31 Å². The second kappa shape index (κ2) is 9.42. The normalized spacial score (nSPS) is 18.0. The standard InChI is InChI=1S/C24H29N3O4S/c1-18-7-9-22(10-8-18)32(30,31)27-15-11-19(12-16-27)23(28)25-21-6-4-5-20(17-21)24(29)26-13-2-3-14-26/h4-10,17,19H,2-3,11-16H2,1H3,(H,25,28). The summed E-state index contributed by atoms with van der Waals surface area (Å²) in [6.45, 7) is 4.08. The van der Waals surface area contributed by atoms with Crippen LogP contribution in [0, 0.1) is 12.8 Å². The maximum absolute atomic E-state index is 12.9. The molecule has 0 saturated carbocycles. The molecule has 0 aromatic heterocycles. The Morgan fingerprint density at radius 2 is 1.59 bits per heavy atom. The predicted octanol–water partition coefficient (Wildman–Crippen LogP) is 3.27. The summed E-state index contributed by atoms with van der Waals surface area (Å²) in [4.78, 5) is 27.5. The van der Waals surface area contributed by atoms with Gasteiger partial charge in [-0.25, -0.2) is 8.42 Å². The number of nitrogens with zero attached hydrogens (tertiary/aromatic N) is 2. The third-order valence-corrected chi connectivity index (χ3v) is 8.17. The summed E-state index contributed by atoms with van der Waals surface area (Å²) in [6.07, 6.45) is 2.98. The molecule has 32 heavy (non-hydrogen) atoms. The molecule has 2 aromatic carbocycles. The first-order valence-corrected chi connectivity index (χ1v) is 12.6. The SMILES string of the molecule is Cc1ccc(S(=O)(=O)N2CCC(C(=O)Nc3cccc(C(=O)N4CCCC4)c3)CC2)cc1. The van der Waals surface area contributed by atoms with E-state index in [1.807, 2.05) is 11.8 Å². The molecule has 2 heterocycles. The van der Waals surface area contributed by atoms with Gasteiger partial charge >= 0.3 is 0 Å². The zero-order chi connectivity index (χ0) is 22.7. The van der Waals surface area contributed by atoms with Crippen LogP contribution in [0.4, 0.5) is 5.69 Å². The van der Waals surface area contributed by atoms with Crippen molar-refractivity contribution in [2.24, 2.45) is 5.92 Å². The highest BCUT2D eigenvalue weighted by molar-refractivity contribution is 7.89. The first kappa shape index (κ1) is 22.5. The molecule has 0 atom stereocenters. The van der Waals surface area contributed by atoms with Crippen molar-refractivity contribution >= 4 is 27.5 Å². The summed E-state index contributed by atoms with van der Waals surface area (Å²) in [5.74, 6) is -0.409. The molecule has 0 bridgehead atoms. The van der Waals surface area contributed by atoms with Crippen molar-refractivity contribution in [3.63, 3.8) is 0 Å². The van der Waals surface area contributed by atoms with E-state index in [-0.39, 0.29) is 22.6 Å². The van der Waals surface area contributed by atoms with E-state index < -0.39 is 10.0 Å². The summed E-state index contributed by atoms with van der Waals surface area (Å²) >= 11 is 0. The van der Waals surface area contributed by atoms with Gasteiger partial charge in [-0.05, 0) is 62.9 Å². The molecule has 7 nitrogen and oxygen atoms in total. The summed E-state index contributed by atoms with van der Waals surface area (Å²) in [6, 6.07) is 13.9. The quantitative estimate of drug-likeness (QED) is 0.750. The molecule has 2 fully saturated rings. The number of likely N-dealkylation sites (tertiary alicyclic amines) is 1. The number of nitrogens with one attached hydrogen (secondary N) is 1. The fraction of sp³-hybridized carbons (Fsp3) is 0.417. The number of benzene rings is 2. The van der Waals surface area contributed by atoms with E-state index in [9.17, 15) is 18.0 Å². The number of amides is 2. The Morgan fingerprint density at radius 3 is 2.25 bits per heavy atom. The highest BCUT2D eigenvalue weighted by atomic mass is 32.2. The highest BCUT2D eigenvalue weighted by Crippen LogP contribution is 2.25. The van der Waals surface area contributed by atoms with Crippen LogP contribution in [-0.2, 0) is 14.8 Å². The first-order valence-electron chi connectivity index (χ1n) is 11.1. The lowest BCUT2D eigenvalue weighted by Gasteiger charge is -2.30. The second-order valence-corrected chi connectivity index (χ2v) is 10.5. The average Bonchev–Trinajstić information content (AvgIpc) is 3.34. The van der Waals surface area contributed by atoms with E-state index in [4.69, 9.17) is 0 Å². The summed E-state index contributed by atoms with van der Waals surface area (Å²) in [5.41, 5.74) is 2.17. The van der Waals surface area contributed by atoms with Gasteiger partial charge < -0.3 is 10.2 Å². The Kier molecular flexibility index (Phi) is 6.62. The molecule has 0 spiro atoms. The Labute approximate surface area is 189 Å². The number of piperidine rings is 1. The summed E-state index contributed by atoms with van der Waals surface area (Å²) in [7, 11) is -3.55. The van der Waals surface area contributed by atoms with Gasteiger partial charge in [0.25, 0.3) is 5.91 Å². The monoisotopic (exact) mass is 455 g/mol. The predicted molar refractivity (Wildman–Crippen MR) is 123 cm³/mol. The van der Waals surface area contributed by atoms with Crippen molar-refractivity contribution in [2.75, 3.05) is 31.5 Å². The molecule has 4 rings (SSSR count). The fourth-order valence-electron chi connectivity index (χ4n) is 4.29. The molecule has 2 aromatic rings. The Morgan fingerprint density at radius 1 is 0.938 bits per heavy atom. The van der Waals surface area contributed by atoms with Gasteiger partial charge in [0.05, 0.1) is 4.90 Å². The summed E-state index contributed by atoms with van der Waals surface area (Å²) in [5, 5.41) is 2.91. The molecule has 8 heteroatoms. The van der Waals surface area contributed by atoms with Crippen molar-refractivity contribution in [2.45, 2.75) is 37.5 Å². The van der Waals surface area contributed by atoms with Gasteiger partial charge in [0.1, 0.15) is 0 Å². The topological polar surface area (TPSA) is 86.8 Å². The van der Waals surface area contributed by atoms with Crippen LogP contribution in [0.5, 0.6) is 0 Å². The van der Waals surface area contributed by atoms with Crippen molar-refractivity contribution in [1.82, 2.24) is 9.21 Å². The minimum absolute atomic E-state index is 0.00628. The lowest BCUT2D eigenvalue weighted by atomic mass is 9.97. The van der Waals surface area contributed by atoms with Crippen LogP contribution in [0.25, 0.3) is 0 Å². The third kappa shape index (κ3) is 4.86. The fourth-order valence-corrected chi connectivity index (χ4v) is 5.76. The number of hydrogen-bond donors (Lipinski definition) is 1. The first-order chi connectivity index (χ1) is 15.3. The van der Waals surface area contributed by atoms with Gasteiger partial charge in [0.15, 0.2) is 0 Å². The smallest absolute Gasteiger partial charge is 0.253 e. The average molecular weight is 456 g/mol. The van der Waals surface area contributed by atoms with Gasteiger partial charge in [-0.15, -0.1) is 0 Å². The molecule has 2 amide bonds. The molecule has 0 aliphatic carbocycles. The maximum atomic E-state index is 12.9. The number of sulfonamides is 1. The van der Waals surface area contributed by atoms with Gasteiger partial charge in [0, 0.05) is 43.3 Å². The van der Waals surface area contributed by atoms with Crippen molar-refractivity contribution in [3.8, 4) is 0 Å². The largest absolute Gasteiger partial charge is 0.339 e.